The number of methoxy groups -OCH3 is 1. The largest absolute Gasteiger partial charge is 1.00 e. The third-order valence-corrected chi connectivity index (χ3v) is 7.80. The molecule has 1 spiro atoms. The van der Waals surface area contributed by atoms with Crippen LogP contribution in [0.2, 0.25) is 0 Å². The smallest absolute Gasteiger partial charge is 0.403 e. The molecule has 33 heavy (non-hydrogen) atoms. The van der Waals surface area contributed by atoms with Gasteiger partial charge in [-0.3, -0.25) is 9.79 Å². The van der Waals surface area contributed by atoms with Gasteiger partial charge in [0.25, 0.3) is 5.79 Å². The number of rotatable bonds is 4. The Morgan fingerprint density at radius 1 is 1.21 bits per heavy atom. The summed E-state index contributed by atoms with van der Waals surface area (Å²) in [5, 5.41) is 9.40. The van der Waals surface area contributed by atoms with Crippen molar-refractivity contribution in [1.82, 2.24) is 0 Å². The Kier molecular flexibility index (Phi) is 7.41. The summed E-state index contributed by atoms with van der Waals surface area (Å²) in [6, 6.07) is 5.83. The summed E-state index contributed by atoms with van der Waals surface area (Å²) in [4.78, 5) is 30.2. The van der Waals surface area contributed by atoms with Crippen LogP contribution in [-0.4, -0.2) is 22.4 Å². The number of nitrogens with zero attached hydrogens (tertiary/aromatic N) is 1. The second-order valence-electron chi connectivity index (χ2n) is 8.80. The average Bonchev–Trinajstić information content (AvgIpc) is 2.74. The maximum Gasteiger partial charge on any atom is 1.00 e. The van der Waals surface area contributed by atoms with Gasteiger partial charge in [-0.25, -0.2) is 9.45 Å². The van der Waals surface area contributed by atoms with Crippen LogP contribution in [0.4, 0.5) is 0 Å². The maximum atomic E-state index is 11.5. The summed E-state index contributed by atoms with van der Waals surface area (Å²) in [5.41, 5.74) is 1.67. The number of allylic oxidation sites excluding steroid dienone is 1. The van der Waals surface area contributed by atoms with Gasteiger partial charge in [-0.05, 0) is 57.1 Å². The molecule has 4 atom stereocenters. The van der Waals surface area contributed by atoms with Crippen molar-refractivity contribution in [3.63, 3.8) is 0 Å². The minimum atomic E-state index is -4.99. The second kappa shape index (κ2) is 10.3. The maximum absolute atomic E-state index is 11.5. The van der Waals surface area contributed by atoms with Gasteiger partial charge in [0.05, 0.1) is 9.68 Å². The van der Waals surface area contributed by atoms with Crippen LogP contribution in [0.25, 0.3) is 0 Å². The van der Waals surface area contributed by atoms with Crippen molar-refractivity contribution in [3.8, 4) is 11.8 Å². The molecule has 8 nitrogen and oxygen atoms in total. The van der Waals surface area contributed by atoms with Gasteiger partial charge in [0.2, 0.25) is 0 Å². The van der Waals surface area contributed by atoms with E-state index in [9.17, 15) is 19.6 Å². The van der Waals surface area contributed by atoms with E-state index >= 15 is 0 Å². The van der Waals surface area contributed by atoms with Gasteiger partial charge in [-0.15, -0.1) is 0 Å². The van der Waals surface area contributed by atoms with Crippen molar-refractivity contribution in [1.29, 1.82) is 5.26 Å². The molecule has 1 aromatic carbocycles. The van der Waals surface area contributed by atoms with Crippen molar-refractivity contribution in [2.24, 2.45) is 11.8 Å². The Labute approximate surface area is 242 Å². The summed E-state index contributed by atoms with van der Waals surface area (Å²) >= 11 is 0. The molecule has 1 heterocycles. The minimum Gasteiger partial charge on any atom is -0.403 e. The third kappa shape index (κ3) is 4.37. The van der Waals surface area contributed by atoms with Crippen molar-refractivity contribution >= 4 is 7.82 Å². The Bertz CT molecular complexity index is 1140. The standard InChI is InChI=1S/C22H26NO7P.2Na/c1-27-22(17-10-9-15(13-23)20(12-17)28-31(24,25)26)21(29-30-22)16-6-4-8-19(21)18-7-3-2-5-14(18)11-16;;/h9-10,12,16,19H,2-8,11H2,1H3,(H2,24,25,26);;/q;2*+1/i1D3;;. The molecule has 5 rings (SSSR count). The molecule has 1 aliphatic heterocycles. The van der Waals surface area contributed by atoms with Crippen LogP contribution in [-0.2, 0) is 24.9 Å². The molecule has 11 heteroatoms. The zero-order valence-electron chi connectivity index (χ0n) is 21.9. The molecule has 2 bridgehead atoms. The van der Waals surface area contributed by atoms with E-state index < -0.39 is 26.2 Å². The molecule has 4 aliphatic rings. The van der Waals surface area contributed by atoms with E-state index in [0.717, 1.165) is 51.4 Å². The van der Waals surface area contributed by atoms with Gasteiger partial charge in [0.15, 0.2) is 5.60 Å². The molecule has 2 N–H and O–H groups in total. The summed E-state index contributed by atoms with van der Waals surface area (Å²) in [6.07, 6.45) is 7.49. The predicted octanol–water partition coefficient (Wildman–Crippen LogP) is -1.77. The number of phosphoric ester groups is 1. The average molecular weight is 496 g/mol. The van der Waals surface area contributed by atoms with Crippen molar-refractivity contribution in [2.75, 3.05) is 7.04 Å². The SMILES string of the molecule is [2H]C([2H])([2H])OC1(c2ccc(C#N)c(OP(=O)(O)O)c2)OOC12C1CCCC2C2=C(CCCC2)C1.[Na+].[Na+]. The number of nitriles is 1. The minimum absolute atomic E-state index is 0. The van der Waals surface area contributed by atoms with E-state index in [1.54, 1.807) is 0 Å². The zero-order valence-corrected chi connectivity index (χ0v) is 23.8. The summed E-state index contributed by atoms with van der Waals surface area (Å²) in [5.74, 6) is -2.40. The fourth-order valence-corrected chi connectivity index (χ4v) is 6.61. The molecular formula is C22H26NNa2O7P+2. The summed E-state index contributed by atoms with van der Waals surface area (Å²) in [6.45, 7) is 0. The first kappa shape index (κ1) is 23.7. The van der Waals surface area contributed by atoms with Gasteiger partial charge < -0.3 is 9.26 Å². The molecule has 0 aromatic heterocycles. The van der Waals surface area contributed by atoms with Crippen LogP contribution < -0.4 is 63.6 Å². The molecule has 1 saturated heterocycles. The van der Waals surface area contributed by atoms with Crippen LogP contribution in [0.5, 0.6) is 5.75 Å². The topological polar surface area (TPSA) is 118 Å². The number of hydrogen-bond donors (Lipinski definition) is 2. The van der Waals surface area contributed by atoms with E-state index in [1.807, 2.05) is 6.07 Å². The van der Waals surface area contributed by atoms with E-state index in [-0.39, 0.29) is 87.8 Å². The molecule has 0 amide bonds. The Hall–Kier alpha value is 0.280. The molecule has 1 saturated carbocycles. The van der Waals surface area contributed by atoms with E-state index in [1.165, 1.54) is 29.3 Å². The van der Waals surface area contributed by atoms with Crippen molar-refractivity contribution in [2.45, 2.75) is 62.8 Å². The number of ether oxygens (including phenoxy) is 1. The first-order valence-corrected chi connectivity index (χ1v) is 12.1. The molecule has 0 radical (unpaired) electrons. The number of fused-ring (bicyclic) bond motifs is 1. The van der Waals surface area contributed by atoms with Crippen LogP contribution in [0, 0.1) is 23.2 Å². The Balaban J connectivity index is 0.00000180. The predicted molar refractivity (Wildman–Crippen MR) is 108 cm³/mol. The number of phosphoric acid groups is 1. The van der Waals surface area contributed by atoms with E-state index in [2.05, 4.69) is 0 Å². The molecule has 3 aliphatic carbocycles. The molecule has 1 aromatic rings. The Morgan fingerprint density at radius 3 is 2.67 bits per heavy atom. The fourth-order valence-electron chi connectivity index (χ4n) is 6.20. The Morgan fingerprint density at radius 2 is 2.00 bits per heavy atom. The normalized spacial score (nSPS) is 34.3. The van der Waals surface area contributed by atoms with Gasteiger partial charge in [-0.2, -0.15) is 10.1 Å². The molecule has 166 valence electrons. The van der Waals surface area contributed by atoms with Crippen LogP contribution in [0.15, 0.2) is 29.3 Å². The molecule has 2 fully saturated rings. The zero-order chi connectivity index (χ0) is 24.4. The first-order chi connectivity index (χ1) is 16.0. The van der Waals surface area contributed by atoms with Crippen LogP contribution >= 0.6 is 7.82 Å². The number of hydrogen-bond acceptors (Lipinski definition) is 6. The van der Waals surface area contributed by atoms with Crippen LogP contribution in [0.3, 0.4) is 0 Å². The van der Waals surface area contributed by atoms with Gasteiger partial charge in [-0.1, -0.05) is 23.6 Å². The van der Waals surface area contributed by atoms with Crippen molar-refractivity contribution < 1.29 is 96.6 Å². The monoisotopic (exact) mass is 496 g/mol. The second-order valence-corrected chi connectivity index (χ2v) is 9.97. The fraction of sp³-hybridized carbons (Fsp3) is 0.591. The quantitative estimate of drug-likeness (QED) is 0.218. The molecular weight excluding hydrogens is 467 g/mol. The van der Waals surface area contributed by atoms with Crippen LogP contribution in [0.1, 0.15) is 66.6 Å². The third-order valence-electron chi connectivity index (χ3n) is 7.37. The van der Waals surface area contributed by atoms with E-state index in [4.69, 9.17) is 23.1 Å². The van der Waals surface area contributed by atoms with Gasteiger partial charge in [0.1, 0.15) is 11.8 Å². The van der Waals surface area contributed by atoms with Gasteiger partial charge >= 0.3 is 66.9 Å². The summed E-state index contributed by atoms with van der Waals surface area (Å²) in [7, 11) is -7.85. The molecule has 4 unspecified atom stereocenters. The van der Waals surface area contributed by atoms with Gasteiger partial charge in [0, 0.05) is 24.4 Å². The first-order valence-electron chi connectivity index (χ1n) is 12.1. The summed E-state index contributed by atoms with van der Waals surface area (Å²) < 4.78 is 45.7. The number of benzene rings is 1. The van der Waals surface area contributed by atoms with E-state index in [0.29, 0.717) is 0 Å². The van der Waals surface area contributed by atoms with Crippen molar-refractivity contribution in [3.05, 3.63) is 40.5 Å².